The molecular weight excluding hydrogens is 410 g/mol. The summed E-state index contributed by atoms with van der Waals surface area (Å²) in [5, 5.41) is 9.00. The van der Waals surface area contributed by atoms with Crippen molar-refractivity contribution in [2.75, 3.05) is 18.0 Å². The molecule has 31 heavy (non-hydrogen) atoms. The molecule has 0 saturated carbocycles. The number of rotatable bonds is 9. The van der Waals surface area contributed by atoms with Crippen molar-refractivity contribution in [1.82, 2.24) is 4.31 Å². The van der Waals surface area contributed by atoms with Gasteiger partial charge in [-0.05, 0) is 29.8 Å². The van der Waals surface area contributed by atoms with Crippen LogP contribution in [-0.2, 0) is 21.4 Å². The van der Waals surface area contributed by atoms with E-state index in [1.165, 1.54) is 21.3 Å². The molecule has 0 N–H and O–H groups in total. The maximum atomic E-state index is 13.3. The third-order valence-corrected chi connectivity index (χ3v) is 6.52. The van der Waals surface area contributed by atoms with Crippen molar-refractivity contribution in [3.05, 3.63) is 96.6 Å². The molecule has 0 aromatic heterocycles. The van der Waals surface area contributed by atoms with Gasteiger partial charge in [-0.25, -0.2) is 8.42 Å². The second kappa shape index (κ2) is 10.5. The van der Waals surface area contributed by atoms with Crippen LogP contribution in [0.4, 0.5) is 5.69 Å². The number of carbonyl (C=O) groups excluding carboxylic acids is 1. The van der Waals surface area contributed by atoms with Crippen LogP contribution in [0.25, 0.3) is 0 Å². The first-order valence-electron chi connectivity index (χ1n) is 9.84. The smallest absolute Gasteiger partial charge is 0.243 e. The van der Waals surface area contributed by atoms with Gasteiger partial charge < -0.3 is 4.90 Å². The normalized spacial score (nSPS) is 11.1. The summed E-state index contributed by atoms with van der Waals surface area (Å²) in [4.78, 5) is 14.8. The van der Waals surface area contributed by atoms with Gasteiger partial charge in [0.25, 0.3) is 0 Å². The van der Waals surface area contributed by atoms with E-state index in [1.54, 1.807) is 42.5 Å². The fourth-order valence-electron chi connectivity index (χ4n) is 3.16. The third-order valence-electron chi connectivity index (χ3n) is 4.71. The van der Waals surface area contributed by atoms with Crippen molar-refractivity contribution in [2.45, 2.75) is 17.9 Å². The highest BCUT2D eigenvalue weighted by Crippen LogP contribution is 2.20. The zero-order valence-corrected chi connectivity index (χ0v) is 17.8. The summed E-state index contributed by atoms with van der Waals surface area (Å²) in [6, 6.07) is 28.2. The summed E-state index contributed by atoms with van der Waals surface area (Å²) in [6.45, 7) is -0.0962. The quantitative estimate of drug-likeness (QED) is 0.514. The molecule has 0 heterocycles. The van der Waals surface area contributed by atoms with Crippen molar-refractivity contribution in [3.63, 3.8) is 0 Å². The number of para-hydroxylation sites is 1. The number of hydrogen-bond acceptors (Lipinski definition) is 4. The highest BCUT2D eigenvalue weighted by atomic mass is 32.2. The number of carbonyl (C=O) groups is 1. The van der Waals surface area contributed by atoms with Gasteiger partial charge >= 0.3 is 0 Å². The monoisotopic (exact) mass is 433 g/mol. The molecule has 6 nitrogen and oxygen atoms in total. The minimum atomic E-state index is -3.91. The molecule has 0 bridgehead atoms. The number of anilines is 1. The lowest BCUT2D eigenvalue weighted by molar-refractivity contribution is -0.118. The summed E-state index contributed by atoms with van der Waals surface area (Å²) in [7, 11) is -3.91. The predicted molar refractivity (Wildman–Crippen MR) is 120 cm³/mol. The lowest BCUT2D eigenvalue weighted by Crippen LogP contribution is -2.43. The van der Waals surface area contributed by atoms with E-state index in [0.717, 1.165) is 5.56 Å². The first-order valence-corrected chi connectivity index (χ1v) is 11.3. The summed E-state index contributed by atoms with van der Waals surface area (Å²) >= 11 is 0. The molecule has 1 amide bonds. The number of nitriles is 1. The Labute approximate surface area is 183 Å². The Balaban J connectivity index is 1.93. The molecule has 3 rings (SSSR count). The van der Waals surface area contributed by atoms with Crippen molar-refractivity contribution in [3.8, 4) is 6.07 Å². The molecule has 158 valence electrons. The van der Waals surface area contributed by atoms with Crippen molar-refractivity contribution in [1.29, 1.82) is 5.26 Å². The Morgan fingerprint density at radius 2 is 1.39 bits per heavy atom. The predicted octanol–water partition coefficient (Wildman–Crippen LogP) is 3.82. The van der Waals surface area contributed by atoms with E-state index in [9.17, 15) is 13.2 Å². The van der Waals surface area contributed by atoms with Gasteiger partial charge in [0.1, 0.15) is 0 Å². The van der Waals surface area contributed by atoms with Gasteiger partial charge in [0.2, 0.25) is 15.9 Å². The molecule has 0 atom stereocenters. The van der Waals surface area contributed by atoms with Crippen molar-refractivity contribution >= 4 is 21.6 Å². The summed E-state index contributed by atoms with van der Waals surface area (Å²) < 4.78 is 27.9. The van der Waals surface area contributed by atoms with Crippen LogP contribution in [0.2, 0.25) is 0 Å². The van der Waals surface area contributed by atoms with Crippen LogP contribution >= 0.6 is 0 Å². The molecule has 3 aromatic rings. The lowest BCUT2D eigenvalue weighted by Gasteiger charge is -2.27. The second-order valence-corrected chi connectivity index (χ2v) is 8.80. The second-order valence-electron chi connectivity index (χ2n) is 6.86. The number of nitrogens with zero attached hydrogens (tertiary/aromatic N) is 3. The molecule has 0 fully saturated rings. The van der Waals surface area contributed by atoms with Crippen molar-refractivity contribution in [2.24, 2.45) is 0 Å². The summed E-state index contributed by atoms with van der Waals surface area (Å²) in [5.74, 6) is -0.392. The van der Waals surface area contributed by atoms with E-state index in [2.05, 4.69) is 0 Å². The molecule has 7 heteroatoms. The van der Waals surface area contributed by atoms with E-state index in [4.69, 9.17) is 5.26 Å². The average molecular weight is 434 g/mol. The largest absolute Gasteiger partial charge is 0.310 e. The number of hydrogen-bond donors (Lipinski definition) is 0. The van der Waals surface area contributed by atoms with E-state index in [1.807, 2.05) is 42.5 Å². The van der Waals surface area contributed by atoms with Crippen LogP contribution in [0.15, 0.2) is 95.9 Å². The number of amides is 1. The fraction of sp³-hybridized carbons (Fsp3) is 0.167. The first-order chi connectivity index (χ1) is 15.0. The molecule has 3 aromatic carbocycles. The van der Waals surface area contributed by atoms with E-state index in [-0.39, 0.29) is 31.0 Å². The van der Waals surface area contributed by atoms with Gasteiger partial charge in [-0.1, -0.05) is 66.7 Å². The third kappa shape index (κ3) is 5.79. The highest BCUT2D eigenvalue weighted by Gasteiger charge is 2.29. The fourth-order valence-corrected chi connectivity index (χ4v) is 4.56. The molecular formula is C24H23N3O3S. The lowest BCUT2D eigenvalue weighted by atomic mass is 10.2. The Kier molecular flexibility index (Phi) is 7.55. The topological polar surface area (TPSA) is 81.5 Å². The zero-order valence-electron chi connectivity index (χ0n) is 17.0. The minimum absolute atomic E-state index is 0.0602. The average Bonchev–Trinajstić information content (AvgIpc) is 2.81. The molecule has 0 aliphatic rings. The molecule has 0 radical (unpaired) electrons. The Morgan fingerprint density at radius 3 is 1.97 bits per heavy atom. The van der Waals surface area contributed by atoms with Crippen LogP contribution in [0, 0.1) is 11.3 Å². The molecule has 0 unspecified atom stereocenters. The van der Waals surface area contributed by atoms with Crippen molar-refractivity contribution < 1.29 is 13.2 Å². The van der Waals surface area contributed by atoms with Crippen LogP contribution in [0.5, 0.6) is 0 Å². The van der Waals surface area contributed by atoms with Gasteiger partial charge in [0.15, 0.2) is 0 Å². The van der Waals surface area contributed by atoms with Gasteiger partial charge in [0, 0.05) is 18.8 Å². The Morgan fingerprint density at radius 1 is 0.839 bits per heavy atom. The van der Waals surface area contributed by atoms with E-state index in [0.29, 0.717) is 5.69 Å². The van der Waals surface area contributed by atoms with Gasteiger partial charge in [-0.3, -0.25) is 4.79 Å². The SMILES string of the molecule is N#CCCN(C(=O)CN(Cc1ccccc1)S(=O)(=O)c1ccccc1)c1ccccc1. The Hall–Kier alpha value is -3.47. The van der Waals surface area contributed by atoms with Gasteiger partial charge in [-0.2, -0.15) is 9.57 Å². The summed E-state index contributed by atoms with van der Waals surface area (Å²) in [5.41, 5.74) is 1.40. The molecule has 0 saturated heterocycles. The highest BCUT2D eigenvalue weighted by molar-refractivity contribution is 7.89. The maximum Gasteiger partial charge on any atom is 0.243 e. The van der Waals surface area contributed by atoms with Crippen LogP contribution in [-0.4, -0.2) is 31.7 Å². The molecule has 0 spiro atoms. The van der Waals surface area contributed by atoms with Gasteiger partial charge in [0.05, 0.1) is 23.9 Å². The Bertz CT molecular complexity index is 1130. The van der Waals surface area contributed by atoms with Crippen LogP contribution < -0.4 is 4.90 Å². The molecule has 0 aliphatic carbocycles. The maximum absolute atomic E-state index is 13.3. The zero-order chi connectivity index (χ0) is 22.1. The van der Waals surface area contributed by atoms with Crippen LogP contribution in [0.3, 0.4) is 0 Å². The number of sulfonamides is 1. The van der Waals surface area contributed by atoms with Gasteiger partial charge in [-0.15, -0.1) is 0 Å². The minimum Gasteiger partial charge on any atom is -0.310 e. The first kappa shape index (κ1) is 22.2. The number of benzene rings is 3. The van der Waals surface area contributed by atoms with E-state index >= 15 is 0 Å². The summed E-state index contributed by atoms with van der Waals surface area (Å²) in [6.07, 6.45) is 0.144. The standard InChI is InChI=1S/C24H23N3O3S/c25-17-10-18-27(22-13-6-2-7-14-22)24(28)20-26(19-21-11-4-1-5-12-21)31(29,30)23-15-8-3-9-16-23/h1-9,11-16H,10,18-20H2. The van der Waals surface area contributed by atoms with E-state index < -0.39 is 15.9 Å². The molecule has 0 aliphatic heterocycles. The van der Waals surface area contributed by atoms with Crippen LogP contribution in [0.1, 0.15) is 12.0 Å².